The maximum absolute atomic E-state index is 5.60. The van der Waals surface area contributed by atoms with E-state index in [2.05, 4.69) is 42.5 Å². The molecule has 1 aromatic carbocycles. The Morgan fingerprint density at radius 2 is 2.00 bits per heavy atom. The van der Waals surface area contributed by atoms with E-state index in [1.54, 1.807) is 0 Å². The van der Waals surface area contributed by atoms with E-state index in [0.29, 0.717) is 6.04 Å². The number of hydrogen-bond acceptors (Lipinski definition) is 3. The molecule has 0 aliphatic rings. The van der Waals surface area contributed by atoms with Crippen molar-refractivity contribution in [2.45, 2.75) is 32.7 Å². The van der Waals surface area contributed by atoms with Gasteiger partial charge in [-0.1, -0.05) is 19.1 Å². The maximum Gasteiger partial charge on any atom is 0.119 e. The monoisotopic (exact) mass is 287 g/mol. The minimum atomic E-state index is 0.328. The number of nitrogens with one attached hydrogen (secondary N) is 1. The number of benzene rings is 1. The van der Waals surface area contributed by atoms with Crippen LogP contribution in [-0.2, 0) is 13.5 Å². The first-order chi connectivity index (χ1) is 10.2. The van der Waals surface area contributed by atoms with Crippen LogP contribution in [0, 0.1) is 0 Å². The number of aryl methyl sites for hydroxylation is 1. The van der Waals surface area contributed by atoms with E-state index in [0.717, 1.165) is 37.4 Å². The fourth-order valence-electron chi connectivity index (χ4n) is 2.20. The lowest BCUT2D eigenvalue weighted by atomic mass is 10.1. The van der Waals surface area contributed by atoms with Gasteiger partial charge in [-0.2, -0.15) is 5.10 Å². The molecule has 21 heavy (non-hydrogen) atoms. The van der Waals surface area contributed by atoms with Gasteiger partial charge >= 0.3 is 0 Å². The van der Waals surface area contributed by atoms with E-state index in [4.69, 9.17) is 4.74 Å². The first-order valence-corrected chi connectivity index (χ1v) is 7.63. The van der Waals surface area contributed by atoms with Crippen molar-refractivity contribution in [2.24, 2.45) is 7.05 Å². The van der Waals surface area contributed by atoms with Gasteiger partial charge in [-0.05, 0) is 37.1 Å². The fourth-order valence-corrected chi connectivity index (χ4v) is 2.20. The number of hydrogen-bond donors (Lipinski definition) is 1. The first-order valence-electron chi connectivity index (χ1n) is 7.63. The van der Waals surface area contributed by atoms with Gasteiger partial charge in [0.05, 0.1) is 12.3 Å². The molecule has 0 saturated carbocycles. The zero-order valence-corrected chi connectivity index (χ0v) is 13.2. The quantitative estimate of drug-likeness (QED) is 0.811. The molecule has 0 aliphatic carbocycles. The Morgan fingerprint density at radius 1 is 1.24 bits per heavy atom. The Balaban J connectivity index is 1.78. The summed E-state index contributed by atoms with van der Waals surface area (Å²) >= 11 is 0. The Morgan fingerprint density at radius 3 is 2.62 bits per heavy atom. The van der Waals surface area contributed by atoms with Crippen molar-refractivity contribution in [1.82, 2.24) is 15.1 Å². The third kappa shape index (κ3) is 4.90. The van der Waals surface area contributed by atoms with Gasteiger partial charge in [0, 0.05) is 32.3 Å². The van der Waals surface area contributed by atoms with Crippen LogP contribution in [0.3, 0.4) is 0 Å². The molecule has 4 nitrogen and oxygen atoms in total. The molecule has 0 bridgehead atoms. The number of rotatable bonds is 8. The SMILES string of the molecule is CCCOc1ccc(C(C)NCCc2ccn(C)n2)cc1. The molecule has 0 amide bonds. The summed E-state index contributed by atoms with van der Waals surface area (Å²) in [7, 11) is 1.95. The number of aromatic nitrogens is 2. The van der Waals surface area contributed by atoms with Crippen LogP contribution in [0.4, 0.5) is 0 Å². The van der Waals surface area contributed by atoms with Crippen LogP contribution < -0.4 is 10.1 Å². The van der Waals surface area contributed by atoms with Crippen LogP contribution in [0.15, 0.2) is 36.5 Å². The second kappa shape index (κ2) is 7.84. The second-order valence-corrected chi connectivity index (χ2v) is 5.32. The van der Waals surface area contributed by atoms with Crippen LogP contribution in [0.25, 0.3) is 0 Å². The van der Waals surface area contributed by atoms with Gasteiger partial charge in [0.25, 0.3) is 0 Å². The molecule has 1 unspecified atom stereocenters. The summed E-state index contributed by atoms with van der Waals surface area (Å²) < 4.78 is 7.44. The standard InChI is InChI=1S/C17H25N3O/c1-4-13-21-17-7-5-15(6-8-17)14(2)18-11-9-16-10-12-20(3)19-16/h5-8,10,12,14,18H,4,9,11,13H2,1-3H3. The predicted molar refractivity (Wildman–Crippen MR) is 85.6 cm³/mol. The molecule has 0 aliphatic heterocycles. The van der Waals surface area contributed by atoms with Gasteiger partial charge in [0.2, 0.25) is 0 Å². The second-order valence-electron chi connectivity index (χ2n) is 5.32. The molecular weight excluding hydrogens is 262 g/mol. The Hall–Kier alpha value is -1.81. The number of ether oxygens (including phenoxy) is 1. The van der Waals surface area contributed by atoms with Gasteiger partial charge in [0.15, 0.2) is 0 Å². The van der Waals surface area contributed by atoms with E-state index in [9.17, 15) is 0 Å². The van der Waals surface area contributed by atoms with E-state index in [-0.39, 0.29) is 0 Å². The lowest BCUT2D eigenvalue weighted by Crippen LogP contribution is -2.21. The zero-order valence-electron chi connectivity index (χ0n) is 13.2. The molecule has 0 radical (unpaired) electrons. The molecule has 0 fully saturated rings. The van der Waals surface area contributed by atoms with Gasteiger partial charge in [-0.15, -0.1) is 0 Å². The smallest absolute Gasteiger partial charge is 0.119 e. The average molecular weight is 287 g/mol. The van der Waals surface area contributed by atoms with E-state index in [1.165, 1.54) is 5.56 Å². The molecule has 2 aromatic rings. The highest BCUT2D eigenvalue weighted by Gasteiger charge is 2.05. The van der Waals surface area contributed by atoms with Crippen LogP contribution in [0.5, 0.6) is 5.75 Å². The van der Waals surface area contributed by atoms with Gasteiger partial charge < -0.3 is 10.1 Å². The normalized spacial score (nSPS) is 12.3. The van der Waals surface area contributed by atoms with Crippen molar-refractivity contribution >= 4 is 0 Å². The molecule has 0 spiro atoms. The zero-order chi connectivity index (χ0) is 15.1. The van der Waals surface area contributed by atoms with Crippen LogP contribution in [-0.4, -0.2) is 22.9 Å². The third-order valence-corrected chi connectivity index (χ3v) is 3.45. The van der Waals surface area contributed by atoms with Crippen molar-refractivity contribution in [1.29, 1.82) is 0 Å². The van der Waals surface area contributed by atoms with Crippen molar-refractivity contribution in [3.63, 3.8) is 0 Å². The third-order valence-electron chi connectivity index (χ3n) is 3.45. The summed E-state index contributed by atoms with van der Waals surface area (Å²) in [6.45, 7) is 5.99. The summed E-state index contributed by atoms with van der Waals surface area (Å²) in [5, 5.41) is 7.91. The average Bonchev–Trinajstić information content (AvgIpc) is 2.91. The topological polar surface area (TPSA) is 39.1 Å². The fraction of sp³-hybridized carbons (Fsp3) is 0.471. The highest BCUT2D eigenvalue weighted by Crippen LogP contribution is 2.17. The first kappa shape index (κ1) is 15.6. The van der Waals surface area contributed by atoms with Crippen LogP contribution in [0.1, 0.15) is 37.6 Å². The molecule has 2 rings (SSSR count). The maximum atomic E-state index is 5.60. The van der Waals surface area contributed by atoms with E-state index >= 15 is 0 Å². The molecule has 0 saturated heterocycles. The summed E-state index contributed by atoms with van der Waals surface area (Å²) in [6.07, 6.45) is 3.96. The van der Waals surface area contributed by atoms with Gasteiger partial charge in [0.1, 0.15) is 5.75 Å². The van der Waals surface area contributed by atoms with Gasteiger partial charge in [-0.25, -0.2) is 0 Å². The van der Waals surface area contributed by atoms with Crippen molar-refractivity contribution in [2.75, 3.05) is 13.2 Å². The summed E-state index contributed by atoms with van der Waals surface area (Å²) in [6, 6.07) is 10.7. The molecule has 4 heteroatoms. The summed E-state index contributed by atoms with van der Waals surface area (Å²) in [5.41, 5.74) is 2.40. The Kier molecular flexibility index (Phi) is 5.81. The van der Waals surface area contributed by atoms with Crippen molar-refractivity contribution in [3.05, 3.63) is 47.8 Å². The van der Waals surface area contributed by atoms with E-state index < -0.39 is 0 Å². The molecular formula is C17H25N3O. The van der Waals surface area contributed by atoms with E-state index in [1.807, 2.05) is 30.1 Å². The molecule has 1 N–H and O–H groups in total. The molecule has 1 atom stereocenters. The Labute approximate surface area is 127 Å². The highest BCUT2D eigenvalue weighted by atomic mass is 16.5. The van der Waals surface area contributed by atoms with Crippen molar-refractivity contribution in [3.8, 4) is 5.75 Å². The van der Waals surface area contributed by atoms with Crippen molar-refractivity contribution < 1.29 is 4.74 Å². The highest BCUT2D eigenvalue weighted by molar-refractivity contribution is 5.28. The lowest BCUT2D eigenvalue weighted by Gasteiger charge is -2.14. The Bertz CT molecular complexity index is 533. The predicted octanol–water partition coefficient (Wildman–Crippen LogP) is 3.10. The molecule has 1 aromatic heterocycles. The largest absolute Gasteiger partial charge is 0.494 e. The summed E-state index contributed by atoms with van der Waals surface area (Å²) in [5.74, 6) is 0.946. The lowest BCUT2D eigenvalue weighted by molar-refractivity contribution is 0.317. The summed E-state index contributed by atoms with van der Waals surface area (Å²) in [4.78, 5) is 0. The number of nitrogens with zero attached hydrogens (tertiary/aromatic N) is 2. The minimum absolute atomic E-state index is 0.328. The molecule has 1 heterocycles. The van der Waals surface area contributed by atoms with Crippen LogP contribution in [0.2, 0.25) is 0 Å². The van der Waals surface area contributed by atoms with Crippen LogP contribution >= 0.6 is 0 Å². The molecule has 114 valence electrons. The van der Waals surface area contributed by atoms with Gasteiger partial charge in [-0.3, -0.25) is 4.68 Å². The minimum Gasteiger partial charge on any atom is -0.494 e.